The van der Waals surface area contributed by atoms with Gasteiger partial charge in [-0.25, -0.2) is 4.98 Å². The number of hydrogen-bond acceptors (Lipinski definition) is 3. The second-order valence-electron chi connectivity index (χ2n) is 6.14. The molecular weight excluding hydrogens is 302 g/mol. The van der Waals surface area contributed by atoms with Crippen LogP contribution in [0, 0.1) is 27.7 Å². The highest BCUT2D eigenvalue weighted by Crippen LogP contribution is 2.22. The quantitative estimate of drug-likeness (QED) is 0.918. The molecule has 1 aromatic heterocycles. The molecule has 1 aromatic carbocycles. The normalized spacial score (nSPS) is 10.7. The Morgan fingerprint density at radius 3 is 2.54 bits per heavy atom. The van der Waals surface area contributed by atoms with Crippen LogP contribution in [0.3, 0.4) is 0 Å². The van der Waals surface area contributed by atoms with Crippen molar-refractivity contribution in [2.75, 3.05) is 11.4 Å². The fourth-order valence-corrected chi connectivity index (χ4v) is 2.90. The summed E-state index contributed by atoms with van der Waals surface area (Å²) in [6, 6.07) is 6.10. The van der Waals surface area contributed by atoms with Gasteiger partial charge in [-0.05, 0) is 58.2 Å². The molecule has 0 atom stereocenters. The second kappa shape index (κ2) is 7.43. The molecule has 128 valence electrons. The SMILES string of the molecule is CCN(C(=O)CCc1c(C)nc(C)[nH]c1=O)c1cc(C)ccc1C. The Balaban J connectivity index is 2.19. The average Bonchev–Trinajstić information content (AvgIpc) is 2.50. The number of aryl methyl sites for hydroxylation is 4. The van der Waals surface area contributed by atoms with Gasteiger partial charge in [0.15, 0.2) is 0 Å². The van der Waals surface area contributed by atoms with Crippen LogP contribution in [0.25, 0.3) is 0 Å². The molecule has 0 saturated carbocycles. The second-order valence-corrected chi connectivity index (χ2v) is 6.14. The summed E-state index contributed by atoms with van der Waals surface area (Å²) in [7, 11) is 0. The largest absolute Gasteiger partial charge is 0.312 e. The van der Waals surface area contributed by atoms with Gasteiger partial charge in [-0.2, -0.15) is 0 Å². The lowest BCUT2D eigenvalue weighted by Crippen LogP contribution is -2.32. The van der Waals surface area contributed by atoms with E-state index in [1.54, 1.807) is 11.8 Å². The topological polar surface area (TPSA) is 66.1 Å². The molecule has 2 rings (SSSR count). The van der Waals surface area contributed by atoms with Gasteiger partial charge in [0.25, 0.3) is 5.56 Å². The Labute approximate surface area is 142 Å². The number of H-pyrrole nitrogens is 1. The molecule has 1 amide bonds. The first-order valence-electron chi connectivity index (χ1n) is 8.27. The molecule has 5 heteroatoms. The number of benzene rings is 1. The lowest BCUT2D eigenvalue weighted by atomic mass is 10.1. The summed E-state index contributed by atoms with van der Waals surface area (Å²) in [4.78, 5) is 33.5. The van der Waals surface area contributed by atoms with Gasteiger partial charge >= 0.3 is 0 Å². The van der Waals surface area contributed by atoms with Crippen molar-refractivity contribution in [3.05, 3.63) is 56.8 Å². The zero-order valence-electron chi connectivity index (χ0n) is 15.1. The fourth-order valence-electron chi connectivity index (χ4n) is 2.90. The van der Waals surface area contributed by atoms with Gasteiger partial charge in [0.05, 0.1) is 0 Å². The van der Waals surface area contributed by atoms with E-state index >= 15 is 0 Å². The maximum Gasteiger partial charge on any atom is 0.254 e. The maximum absolute atomic E-state index is 12.7. The van der Waals surface area contributed by atoms with Crippen molar-refractivity contribution >= 4 is 11.6 Å². The van der Waals surface area contributed by atoms with E-state index in [1.165, 1.54) is 0 Å². The van der Waals surface area contributed by atoms with Crippen molar-refractivity contribution in [2.45, 2.75) is 47.5 Å². The Hall–Kier alpha value is -2.43. The minimum absolute atomic E-state index is 0.0191. The first kappa shape index (κ1) is 17.9. The van der Waals surface area contributed by atoms with E-state index in [0.717, 1.165) is 16.8 Å². The summed E-state index contributed by atoms with van der Waals surface area (Å²) < 4.78 is 0. The molecule has 24 heavy (non-hydrogen) atoms. The lowest BCUT2D eigenvalue weighted by molar-refractivity contribution is -0.118. The van der Waals surface area contributed by atoms with Crippen molar-refractivity contribution in [2.24, 2.45) is 0 Å². The van der Waals surface area contributed by atoms with E-state index in [9.17, 15) is 9.59 Å². The molecule has 1 heterocycles. The molecule has 0 spiro atoms. The third kappa shape index (κ3) is 3.91. The van der Waals surface area contributed by atoms with E-state index < -0.39 is 0 Å². The predicted molar refractivity (Wildman–Crippen MR) is 96.6 cm³/mol. The van der Waals surface area contributed by atoms with Gasteiger partial charge in [-0.1, -0.05) is 12.1 Å². The number of nitrogens with one attached hydrogen (secondary N) is 1. The van der Waals surface area contributed by atoms with Crippen LogP contribution in [0.5, 0.6) is 0 Å². The Kier molecular flexibility index (Phi) is 5.54. The number of anilines is 1. The summed E-state index contributed by atoms with van der Waals surface area (Å²) in [6.45, 7) is 10.1. The van der Waals surface area contributed by atoms with Crippen molar-refractivity contribution < 1.29 is 4.79 Å². The van der Waals surface area contributed by atoms with Gasteiger partial charge in [0.2, 0.25) is 5.91 Å². The molecule has 1 N–H and O–H groups in total. The molecule has 0 aliphatic heterocycles. The molecule has 0 saturated heterocycles. The molecule has 5 nitrogen and oxygen atoms in total. The number of aromatic nitrogens is 2. The highest BCUT2D eigenvalue weighted by molar-refractivity contribution is 5.94. The summed E-state index contributed by atoms with van der Waals surface area (Å²) in [6.07, 6.45) is 0.685. The van der Waals surface area contributed by atoms with Crippen molar-refractivity contribution in [3.63, 3.8) is 0 Å². The van der Waals surface area contributed by atoms with Crippen LogP contribution in [0.15, 0.2) is 23.0 Å². The van der Waals surface area contributed by atoms with Crippen LogP contribution in [-0.4, -0.2) is 22.4 Å². The number of hydrogen-bond donors (Lipinski definition) is 1. The van der Waals surface area contributed by atoms with E-state index in [0.29, 0.717) is 30.0 Å². The zero-order valence-corrected chi connectivity index (χ0v) is 15.1. The van der Waals surface area contributed by atoms with E-state index in [4.69, 9.17) is 0 Å². The van der Waals surface area contributed by atoms with Crippen LogP contribution in [0.2, 0.25) is 0 Å². The van der Waals surface area contributed by atoms with E-state index in [1.807, 2.05) is 45.9 Å². The Bertz CT molecular complexity index is 809. The van der Waals surface area contributed by atoms with Gasteiger partial charge < -0.3 is 9.88 Å². The lowest BCUT2D eigenvalue weighted by Gasteiger charge is -2.23. The van der Waals surface area contributed by atoms with Crippen LogP contribution in [0.4, 0.5) is 5.69 Å². The number of carbonyl (C=O) groups is 1. The molecular formula is C19H25N3O2. The van der Waals surface area contributed by atoms with Crippen LogP contribution >= 0.6 is 0 Å². The van der Waals surface area contributed by atoms with Crippen molar-refractivity contribution in [3.8, 4) is 0 Å². The average molecular weight is 327 g/mol. The number of amides is 1. The van der Waals surface area contributed by atoms with E-state index in [-0.39, 0.29) is 17.9 Å². The van der Waals surface area contributed by atoms with Crippen molar-refractivity contribution in [1.29, 1.82) is 0 Å². The molecule has 0 radical (unpaired) electrons. The molecule has 0 aliphatic rings. The summed E-state index contributed by atoms with van der Waals surface area (Å²) in [5, 5.41) is 0. The number of aromatic amines is 1. The summed E-state index contributed by atoms with van der Waals surface area (Å²) >= 11 is 0. The Morgan fingerprint density at radius 1 is 1.21 bits per heavy atom. The van der Waals surface area contributed by atoms with E-state index in [2.05, 4.69) is 9.97 Å². The standard InChI is InChI=1S/C19H25N3O2/c1-6-22(17-11-12(2)7-8-13(17)3)18(23)10-9-16-14(4)20-15(5)21-19(16)24/h7-8,11H,6,9-10H2,1-5H3,(H,20,21,24). The molecule has 0 unspecified atom stereocenters. The number of rotatable bonds is 5. The van der Waals surface area contributed by atoms with Crippen LogP contribution in [-0.2, 0) is 11.2 Å². The highest BCUT2D eigenvalue weighted by Gasteiger charge is 2.17. The number of nitrogens with zero attached hydrogens (tertiary/aromatic N) is 2. The Morgan fingerprint density at radius 2 is 1.92 bits per heavy atom. The molecule has 0 fully saturated rings. The number of carbonyl (C=O) groups excluding carboxylic acids is 1. The first-order chi connectivity index (χ1) is 11.3. The minimum Gasteiger partial charge on any atom is -0.312 e. The monoisotopic (exact) mass is 327 g/mol. The summed E-state index contributed by atoms with van der Waals surface area (Å²) in [5.74, 6) is 0.615. The third-order valence-corrected chi connectivity index (χ3v) is 4.20. The highest BCUT2D eigenvalue weighted by atomic mass is 16.2. The molecule has 2 aromatic rings. The van der Waals surface area contributed by atoms with Gasteiger partial charge in [0, 0.05) is 29.9 Å². The molecule has 0 aliphatic carbocycles. The maximum atomic E-state index is 12.7. The minimum atomic E-state index is -0.150. The van der Waals surface area contributed by atoms with Gasteiger partial charge in [0.1, 0.15) is 5.82 Å². The fraction of sp³-hybridized carbons (Fsp3) is 0.421. The first-order valence-corrected chi connectivity index (χ1v) is 8.27. The smallest absolute Gasteiger partial charge is 0.254 e. The third-order valence-electron chi connectivity index (χ3n) is 4.20. The summed E-state index contributed by atoms with van der Waals surface area (Å²) in [5.41, 5.74) is 4.27. The zero-order chi connectivity index (χ0) is 17.9. The van der Waals surface area contributed by atoms with Crippen molar-refractivity contribution in [1.82, 2.24) is 9.97 Å². The van der Waals surface area contributed by atoms with Gasteiger partial charge in [-0.3, -0.25) is 9.59 Å². The van der Waals surface area contributed by atoms with Crippen LogP contribution in [0.1, 0.15) is 41.6 Å². The van der Waals surface area contributed by atoms with Gasteiger partial charge in [-0.15, -0.1) is 0 Å². The van der Waals surface area contributed by atoms with Crippen LogP contribution < -0.4 is 10.5 Å². The molecule has 0 bridgehead atoms. The predicted octanol–water partition coefficient (Wildman–Crippen LogP) is 2.99.